The van der Waals surface area contributed by atoms with E-state index in [9.17, 15) is 4.79 Å². The van der Waals surface area contributed by atoms with Crippen LogP contribution in [0.2, 0.25) is 0 Å². The van der Waals surface area contributed by atoms with Gasteiger partial charge in [0.25, 0.3) is 0 Å². The van der Waals surface area contributed by atoms with Gasteiger partial charge in [-0.1, -0.05) is 6.07 Å². The minimum atomic E-state index is 0.211. The zero-order valence-corrected chi connectivity index (χ0v) is 9.22. The molecule has 1 aliphatic heterocycles. The van der Waals surface area contributed by atoms with Crippen LogP contribution in [0.25, 0.3) is 0 Å². The highest BCUT2D eigenvalue weighted by Crippen LogP contribution is 2.33. The molecule has 1 fully saturated rings. The van der Waals surface area contributed by atoms with Gasteiger partial charge in [-0.2, -0.15) is 0 Å². The van der Waals surface area contributed by atoms with Gasteiger partial charge in [0, 0.05) is 18.3 Å². The van der Waals surface area contributed by atoms with Gasteiger partial charge in [0.15, 0.2) is 0 Å². The Morgan fingerprint density at radius 3 is 3.07 bits per heavy atom. The van der Waals surface area contributed by atoms with Crippen molar-refractivity contribution in [1.82, 2.24) is 4.90 Å². The topological polar surface area (TPSA) is 20.3 Å². The molecular formula is C11H15NOS. The summed E-state index contributed by atoms with van der Waals surface area (Å²) in [7, 11) is 0. The van der Waals surface area contributed by atoms with Crippen LogP contribution in [0.1, 0.15) is 37.1 Å². The number of nitrogens with zero attached hydrogens (tertiary/aromatic N) is 1. The van der Waals surface area contributed by atoms with Gasteiger partial charge in [-0.15, -0.1) is 11.3 Å². The fourth-order valence-corrected chi connectivity index (χ4v) is 2.96. The number of carbonyl (C=O) groups is 1. The summed E-state index contributed by atoms with van der Waals surface area (Å²) < 4.78 is 0. The van der Waals surface area contributed by atoms with Gasteiger partial charge in [-0.3, -0.25) is 4.79 Å². The maximum Gasteiger partial charge on any atom is 0.219 e. The van der Waals surface area contributed by atoms with Gasteiger partial charge in [-0.25, -0.2) is 0 Å². The average molecular weight is 209 g/mol. The van der Waals surface area contributed by atoms with Crippen LogP contribution in [0.3, 0.4) is 0 Å². The largest absolute Gasteiger partial charge is 0.335 e. The second-order valence-corrected chi connectivity index (χ2v) is 4.72. The van der Waals surface area contributed by atoms with E-state index in [0.717, 1.165) is 19.4 Å². The monoisotopic (exact) mass is 209 g/mol. The van der Waals surface area contributed by atoms with E-state index in [-0.39, 0.29) is 5.91 Å². The van der Waals surface area contributed by atoms with Crippen molar-refractivity contribution < 1.29 is 4.79 Å². The zero-order valence-electron chi connectivity index (χ0n) is 8.40. The predicted molar refractivity (Wildman–Crippen MR) is 58.3 cm³/mol. The molecule has 1 atom stereocenters. The van der Waals surface area contributed by atoms with Crippen LogP contribution in [0, 0.1) is 0 Å². The van der Waals surface area contributed by atoms with E-state index in [1.165, 1.54) is 11.3 Å². The van der Waals surface area contributed by atoms with E-state index in [1.807, 2.05) is 4.90 Å². The molecule has 2 rings (SSSR count). The molecule has 76 valence electrons. The van der Waals surface area contributed by atoms with Crippen molar-refractivity contribution in [2.45, 2.75) is 32.2 Å². The van der Waals surface area contributed by atoms with Gasteiger partial charge in [0.1, 0.15) is 0 Å². The standard InChI is InChI=1S/C11H15NOS/c1-9(13)12-7-3-2-5-10(12)11-6-4-8-14-11/h4,6,8,10H,2-3,5,7H2,1H3/t10-/m0/s1. The number of piperidine rings is 1. The quantitative estimate of drug-likeness (QED) is 0.696. The number of likely N-dealkylation sites (tertiary alicyclic amines) is 1. The number of thiophene rings is 1. The fraction of sp³-hybridized carbons (Fsp3) is 0.545. The highest BCUT2D eigenvalue weighted by Gasteiger charge is 2.26. The first-order valence-corrected chi connectivity index (χ1v) is 5.97. The molecule has 0 saturated carbocycles. The Balaban J connectivity index is 2.18. The number of hydrogen-bond acceptors (Lipinski definition) is 2. The van der Waals surface area contributed by atoms with Crippen LogP contribution >= 0.6 is 11.3 Å². The first-order chi connectivity index (χ1) is 6.79. The first-order valence-electron chi connectivity index (χ1n) is 5.09. The van der Waals surface area contributed by atoms with E-state index >= 15 is 0 Å². The molecule has 2 heterocycles. The SMILES string of the molecule is CC(=O)N1CCCC[C@H]1c1cccs1. The Bertz CT molecular complexity index is 307. The molecule has 1 aromatic heterocycles. The number of amides is 1. The number of hydrogen-bond donors (Lipinski definition) is 0. The van der Waals surface area contributed by atoms with Crippen molar-refractivity contribution in [3.63, 3.8) is 0 Å². The molecule has 2 nitrogen and oxygen atoms in total. The molecule has 0 aliphatic carbocycles. The molecule has 1 aliphatic rings. The highest BCUT2D eigenvalue weighted by atomic mass is 32.1. The van der Waals surface area contributed by atoms with Crippen molar-refractivity contribution in [3.8, 4) is 0 Å². The summed E-state index contributed by atoms with van der Waals surface area (Å²) in [6, 6.07) is 4.55. The number of carbonyl (C=O) groups excluding carboxylic acids is 1. The van der Waals surface area contributed by atoms with Crippen molar-refractivity contribution in [2.75, 3.05) is 6.54 Å². The van der Waals surface area contributed by atoms with Crippen LogP contribution in [0.15, 0.2) is 17.5 Å². The molecule has 1 amide bonds. The minimum Gasteiger partial charge on any atom is -0.335 e. The Hall–Kier alpha value is -0.830. The molecule has 0 bridgehead atoms. The zero-order chi connectivity index (χ0) is 9.97. The van der Waals surface area contributed by atoms with E-state index < -0.39 is 0 Å². The average Bonchev–Trinajstić information content (AvgIpc) is 2.70. The third-order valence-corrected chi connectivity index (χ3v) is 3.75. The molecule has 0 aromatic carbocycles. The lowest BCUT2D eigenvalue weighted by Crippen LogP contribution is -2.36. The molecule has 0 spiro atoms. The first kappa shape index (κ1) is 9.71. The summed E-state index contributed by atoms with van der Waals surface area (Å²) in [5, 5.41) is 2.09. The second-order valence-electron chi connectivity index (χ2n) is 3.74. The molecule has 1 saturated heterocycles. The van der Waals surface area contributed by atoms with Crippen molar-refractivity contribution in [2.24, 2.45) is 0 Å². The minimum absolute atomic E-state index is 0.211. The Morgan fingerprint density at radius 1 is 1.57 bits per heavy atom. The van der Waals surface area contributed by atoms with Crippen molar-refractivity contribution in [3.05, 3.63) is 22.4 Å². The van der Waals surface area contributed by atoms with Crippen LogP contribution in [0.5, 0.6) is 0 Å². The molecule has 1 aromatic rings. The molecular weight excluding hydrogens is 194 g/mol. The van der Waals surface area contributed by atoms with Gasteiger partial charge in [0.05, 0.1) is 6.04 Å². The van der Waals surface area contributed by atoms with E-state index in [4.69, 9.17) is 0 Å². The molecule has 0 radical (unpaired) electrons. The lowest BCUT2D eigenvalue weighted by molar-refractivity contribution is -0.132. The van der Waals surface area contributed by atoms with E-state index in [2.05, 4.69) is 17.5 Å². The van der Waals surface area contributed by atoms with Gasteiger partial charge in [-0.05, 0) is 30.7 Å². The molecule has 0 N–H and O–H groups in total. The fourth-order valence-electron chi connectivity index (χ4n) is 2.09. The number of rotatable bonds is 1. The van der Waals surface area contributed by atoms with Crippen LogP contribution < -0.4 is 0 Å². The summed E-state index contributed by atoms with van der Waals surface area (Å²) in [6.45, 7) is 2.60. The maximum atomic E-state index is 11.4. The Kier molecular flexibility index (Phi) is 2.87. The predicted octanol–water partition coefficient (Wildman–Crippen LogP) is 2.82. The highest BCUT2D eigenvalue weighted by molar-refractivity contribution is 7.10. The Morgan fingerprint density at radius 2 is 2.43 bits per heavy atom. The second kappa shape index (κ2) is 4.13. The maximum absolute atomic E-state index is 11.4. The Labute approximate surface area is 88.5 Å². The smallest absolute Gasteiger partial charge is 0.219 e. The van der Waals surface area contributed by atoms with Gasteiger partial charge in [0.2, 0.25) is 5.91 Å². The third kappa shape index (κ3) is 1.82. The lowest BCUT2D eigenvalue weighted by Gasteiger charge is -2.34. The van der Waals surface area contributed by atoms with Crippen molar-refractivity contribution in [1.29, 1.82) is 0 Å². The normalized spacial score (nSPS) is 22.4. The summed E-state index contributed by atoms with van der Waals surface area (Å²) in [5.41, 5.74) is 0. The third-order valence-electron chi connectivity index (χ3n) is 2.78. The van der Waals surface area contributed by atoms with Gasteiger partial charge < -0.3 is 4.90 Å². The molecule has 3 heteroatoms. The molecule has 0 unspecified atom stereocenters. The van der Waals surface area contributed by atoms with E-state index in [0.29, 0.717) is 6.04 Å². The summed E-state index contributed by atoms with van der Waals surface area (Å²) in [6.07, 6.45) is 3.52. The summed E-state index contributed by atoms with van der Waals surface area (Å²) >= 11 is 1.76. The van der Waals surface area contributed by atoms with Crippen LogP contribution in [-0.2, 0) is 4.79 Å². The van der Waals surface area contributed by atoms with Gasteiger partial charge >= 0.3 is 0 Å². The summed E-state index contributed by atoms with van der Waals surface area (Å²) in [4.78, 5) is 14.8. The van der Waals surface area contributed by atoms with E-state index in [1.54, 1.807) is 18.3 Å². The summed E-state index contributed by atoms with van der Waals surface area (Å²) in [5.74, 6) is 0.211. The van der Waals surface area contributed by atoms with Crippen LogP contribution in [-0.4, -0.2) is 17.4 Å². The molecule has 14 heavy (non-hydrogen) atoms. The lowest BCUT2D eigenvalue weighted by atomic mass is 10.0. The van der Waals surface area contributed by atoms with Crippen molar-refractivity contribution >= 4 is 17.2 Å². The van der Waals surface area contributed by atoms with Crippen LogP contribution in [0.4, 0.5) is 0 Å².